The number of H-pyrrole nitrogens is 1. The molecule has 1 aliphatic carbocycles. The van der Waals surface area contributed by atoms with Gasteiger partial charge in [-0.1, -0.05) is 6.92 Å². The predicted octanol–water partition coefficient (Wildman–Crippen LogP) is 1.54. The van der Waals surface area contributed by atoms with Crippen LogP contribution in [0.4, 0.5) is 0 Å². The molecule has 0 radical (unpaired) electrons. The Hall–Kier alpha value is -1.32. The molecule has 0 aliphatic heterocycles. The Morgan fingerprint density at radius 1 is 1.67 bits per heavy atom. The average molecular weight is 208 g/mol. The maximum atomic E-state index is 10.9. The van der Waals surface area contributed by atoms with E-state index in [-0.39, 0.29) is 11.8 Å². The summed E-state index contributed by atoms with van der Waals surface area (Å²) in [6.07, 6.45) is 2.72. The van der Waals surface area contributed by atoms with Crippen molar-refractivity contribution in [2.75, 3.05) is 0 Å². The van der Waals surface area contributed by atoms with Crippen LogP contribution in [-0.4, -0.2) is 21.3 Å². The molecule has 2 rings (SSSR count). The fraction of sp³-hybridized carbons (Fsp3) is 0.636. The van der Waals surface area contributed by atoms with Crippen LogP contribution in [0.15, 0.2) is 0 Å². The van der Waals surface area contributed by atoms with E-state index in [0.717, 1.165) is 30.7 Å². The zero-order valence-electron chi connectivity index (χ0n) is 9.08. The van der Waals surface area contributed by atoms with E-state index in [1.165, 1.54) is 5.56 Å². The van der Waals surface area contributed by atoms with Gasteiger partial charge < -0.3 is 5.11 Å². The van der Waals surface area contributed by atoms with Gasteiger partial charge in [0.1, 0.15) is 0 Å². The largest absolute Gasteiger partial charge is 0.481 e. The van der Waals surface area contributed by atoms with E-state index in [0.29, 0.717) is 0 Å². The van der Waals surface area contributed by atoms with Crippen LogP contribution >= 0.6 is 0 Å². The molecule has 1 aliphatic rings. The number of fused-ring (bicyclic) bond motifs is 1. The van der Waals surface area contributed by atoms with Crippen LogP contribution in [0.25, 0.3) is 0 Å². The van der Waals surface area contributed by atoms with Crippen molar-refractivity contribution in [3.8, 4) is 0 Å². The Labute approximate surface area is 88.7 Å². The highest BCUT2D eigenvalue weighted by Crippen LogP contribution is 2.30. The molecule has 0 fully saturated rings. The second kappa shape index (κ2) is 3.68. The number of hydrogen-bond donors (Lipinski definition) is 2. The van der Waals surface area contributed by atoms with Gasteiger partial charge >= 0.3 is 5.97 Å². The molecule has 2 unspecified atom stereocenters. The first-order valence-electron chi connectivity index (χ1n) is 5.35. The molecule has 1 aromatic rings. The average Bonchev–Trinajstić information content (AvgIpc) is 2.59. The third-order valence-electron chi connectivity index (χ3n) is 3.48. The molecule has 4 nitrogen and oxygen atoms in total. The predicted molar refractivity (Wildman–Crippen MR) is 55.6 cm³/mol. The lowest BCUT2D eigenvalue weighted by molar-refractivity contribution is -0.143. The molecular formula is C11H16N2O2. The Morgan fingerprint density at radius 3 is 3.07 bits per heavy atom. The molecule has 4 heteroatoms. The van der Waals surface area contributed by atoms with Crippen LogP contribution in [0.5, 0.6) is 0 Å². The van der Waals surface area contributed by atoms with Gasteiger partial charge in [0.2, 0.25) is 0 Å². The molecule has 0 aromatic carbocycles. The van der Waals surface area contributed by atoms with Gasteiger partial charge in [0, 0.05) is 5.69 Å². The van der Waals surface area contributed by atoms with E-state index in [1.54, 1.807) is 6.92 Å². The van der Waals surface area contributed by atoms with Gasteiger partial charge in [0.25, 0.3) is 0 Å². The number of aryl methyl sites for hydroxylation is 1. The summed E-state index contributed by atoms with van der Waals surface area (Å²) < 4.78 is 0. The Morgan fingerprint density at radius 2 is 2.40 bits per heavy atom. The van der Waals surface area contributed by atoms with Crippen molar-refractivity contribution in [2.45, 2.75) is 33.1 Å². The SMILES string of the molecule is Cc1[nH]nc2c1CCC(C(C)C(=O)O)C2. The van der Waals surface area contributed by atoms with E-state index in [9.17, 15) is 4.79 Å². The number of aliphatic carboxylic acids is 1. The molecule has 0 spiro atoms. The van der Waals surface area contributed by atoms with Crippen LogP contribution in [0.2, 0.25) is 0 Å². The third kappa shape index (κ3) is 1.76. The van der Waals surface area contributed by atoms with Gasteiger partial charge in [0.15, 0.2) is 0 Å². The van der Waals surface area contributed by atoms with E-state index in [2.05, 4.69) is 10.2 Å². The first kappa shape index (κ1) is 10.2. The summed E-state index contributed by atoms with van der Waals surface area (Å²) in [5, 5.41) is 16.2. The first-order chi connectivity index (χ1) is 7.09. The molecular weight excluding hydrogens is 192 g/mol. The van der Waals surface area contributed by atoms with Crippen molar-refractivity contribution in [2.24, 2.45) is 11.8 Å². The standard InChI is InChI=1S/C11H16N2O2/c1-6(11(14)15)8-3-4-9-7(2)12-13-10(9)5-8/h6,8H,3-5H2,1-2H3,(H,12,13)(H,14,15). The van der Waals surface area contributed by atoms with Crippen molar-refractivity contribution in [1.82, 2.24) is 10.2 Å². The number of rotatable bonds is 2. The highest BCUT2D eigenvalue weighted by molar-refractivity contribution is 5.70. The van der Waals surface area contributed by atoms with Gasteiger partial charge in [-0.15, -0.1) is 0 Å². The van der Waals surface area contributed by atoms with Crippen molar-refractivity contribution in [1.29, 1.82) is 0 Å². The number of hydrogen-bond acceptors (Lipinski definition) is 2. The number of carboxylic acid groups (broad SMARTS) is 1. The van der Waals surface area contributed by atoms with Gasteiger partial charge in [-0.2, -0.15) is 5.10 Å². The summed E-state index contributed by atoms with van der Waals surface area (Å²) in [5.41, 5.74) is 3.49. The quantitative estimate of drug-likeness (QED) is 0.774. The Kier molecular flexibility index (Phi) is 2.50. The molecule has 2 atom stereocenters. The molecule has 2 N–H and O–H groups in total. The van der Waals surface area contributed by atoms with Gasteiger partial charge in [0.05, 0.1) is 11.6 Å². The number of carbonyl (C=O) groups is 1. The Bertz CT molecular complexity index is 384. The van der Waals surface area contributed by atoms with E-state index >= 15 is 0 Å². The summed E-state index contributed by atoms with van der Waals surface area (Å²) in [7, 11) is 0. The van der Waals surface area contributed by atoms with Crippen LogP contribution in [0, 0.1) is 18.8 Å². The minimum atomic E-state index is -0.698. The van der Waals surface area contributed by atoms with Crippen molar-refractivity contribution < 1.29 is 9.90 Å². The smallest absolute Gasteiger partial charge is 0.306 e. The fourth-order valence-corrected chi connectivity index (χ4v) is 2.31. The van der Waals surface area contributed by atoms with E-state index < -0.39 is 5.97 Å². The maximum Gasteiger partial charge on any atom is 0.306 e. The monoisotopic (exact) mass is 208 g/mol. The lowest BCUT2D eigenvalue weighted by Gasteiger charge is -2.24. The molecule has 82 valence electrons. The summed E-state index contributed by atoms with van der Waals surface area (Å²) in [6.45, 7) is 3.81. The molecule has 0 amide bonds. The number of nitrogens with one attached hydrogen (secondary N) is 1. The zero-order chi connectivity index (χ0) is 11.0. The number of nitrogens with zero attached hydrogens (tertiary/aromatic N) is 1. The van der Waals surface area contributed by atoms with E-state index in [4.69, 9.17) is 5.11 Å². The van der Waals surface area contributed by atoms with Gasteiger partial charge in [-0.25, -0.2) is 0 Å². The highest BCUT2D eigenvalue weighted by Gasteiger charge is 2.29. The maximum absolute atomic E-state index is 10.9. The molecule has 15 heavy (non-hydrogen) atoms. The van der Waals surface area contributed by atoms with Crippen LogP contribution in [0.3, 0.4) is 0 Å². The molecule has 0 saturated carbocycles. The summed E-state index contributed by atoms with van der Waals surface area (Å²) in [5.74, 6) is -0.733. The minimum Gasteiger partial charge on any atom is -0.481 e. The molecule has 0 saturated heterocycles. The topological polar surface area (TPSA) is 66.0 Å². The second-order valence-corrected chi connectivity index (χ2v) is 4.40. The summed E-state index contributed by atoms with van der Waals surface area (Å²) >= 11 is 0. The Balaban J connectivity index is 2.15. The number of aromatic nitrogens is 2. The van der Waals surface area contributed by atoms with Crippen molar-refractivity contribution >= 4 is 5.97 Å². The molecule has 1 heterocycles. The van der Waals surface area contributed by atoms with Crippen LogP contribution < -0.4 is 0 Å². The summed E-state index contributed by atoms with van der Waals surface area (Å²) in [4.78, 5) is 10.9. The minimum absolute atomic E-state index is 0.234. The normalized spacial score (nSPS) is 22.1. The third-order valence-corrected chi connectivity index (χ3v) is 3.48. The van der Waals surface area contributed by atoms with Crippen molar-refractivity contribution in [3.05, 3.63) is 17.0 Å². The lowest BCUT2D eigenvalue weighted by Crippen LogP contribution is -2.26. The molecule has 0 bridgehead atoms. The second-order valence-electron chi connectivity index (χ2n) is 4.40. The zero-order valence-corrected chi connectivity index (χ0v) is 9.08. The lowest BCUT2D eigenvalue weighted by atomic mass is 9.80. The van der Waals surface area contributed by atoms with Crippen LogP contribution in [-0.2, 0) is 17.6 Å². The fourth-order valence-electron chi connectivity index (χ4n) is 2.31. The molecule has 1 aromatic heterocycles. The number of aromatic amines is 1. The van der Waals surface area contributed by atoms with E-state index in [1.807, 2.05) is 6.92 Å². The number of carboxylic acids is 1. The first-order valence-corrected chi connectivity index (χ1v) is 5.35. The van der Waals surface area contributed by atoms with Crippen molar-refractivity contribution in [3.63, 3.8) is 0 Å². The van der Waals surface area contributed by atoms with Gasteiger partial charge in [-0.3, -0.25) is 9.89 Å². The summed E-state index contributed by atoms with van der Waals surface area (Å²) in [6, 6.07) is 0. The van der Waals surface area contributed by atoms with Gasteiger partial charge in [-0.05, 0) is 37.7 Å². The highest BCUT2D eigenvalue weighted by atomic mass is 16.4. The van der Waals surface area contributed by atoms with Crippen LogP contribution in [0.1, 0.15) is 30.3 Å².